The molecule has 0 radical (unpaired) electrons. The van der Waals surface area contributed by atoms with Crippen molar-refractivity contribution >= 4 is 44.4 Å². The number of carbonyl (C=O) groups is 2. The quantitative estimate of drug-likeness (QED) is 0.851. The minimum Gasteiger partial charge on any atom is -0.480 e. The third kappa shape index (κ3) is 3.68. The third-order valence-electron chi connectivity index (χ3n) is 3.20. The van der Waals surface area contributed by atoms with Gasteiger partial charge in [-0.25, -0.2) is 9.78 Å². The molecule has 7 nitrogen and oxygen atoms in total. The molecule has 110 valence electrons. The molecule has 2 rings (SSSR count). The standard InChI is InChI=1S/C11H15BrN4O3S/c1-7(9(17)18)15-2-4-16(5-3-15)11(19)14-10-13-6-8(12)20-10/h6-7H,2-5H2,1H3,(H,17,18)(H,13,14,19). The topological polar surface area (TPSA) is 85.8 Å². The SMILES string of the molecule is CC(C(=O)O)N1CCN(C(=O)Nc2ncc(Br)s2)CC1. The van der Waals surface area contributed by atoms with Crippen LogP contribution in [0.15, 0.2) is 9.98 Å². The number of nitrogens with zero attached hydrogens (tertiary/aromatic N) is 3. The van der Waals surface area contributed by atoms with Gasteiger partial charge in [-0.05, 0) is 22.9 Å². The molecule has 1 aliphatic heterocycles. The molecule has 2 heterocycles. The normalized spacial score (nSPS) is 17.8. The van der Waals surface area contributed by atoms with Gasteiger partial charge in [0.15, 0.2) is 5.13 Å². The van der Waals surface area contributed by atoms with Crippen molar-refractivity contribution < 1.29 is 14.7 Å². The van der Waals surface area contributed by atoms with Gasteiger partial charge in [-0.2, -0.15) is 0 Å². The number of amides is 2. The smallest absolute Gasteiger partial charge is 0.323 e. The summed E-state index contributed by atoms with van der Waals surface area (Å²) in [7, 11) is 0. The lowest BCUT2D eigenvalue weighted by atomic mass is 10.2. The van der Waals surface area contributed by atoms with Crippen LogP contribution < -0.4 is 5.32 Å². The third-order valence-corrected chi connectivity index (χ3v) is 4.59. The molecule has 20 heavy (non-hydrogen) atoms. The molecular weight excluding hydrogens is 348 g/mol. The van der Waals surface area contributed by atoms with Gasteiger partial charge in [-0.3, -0.25) is 15.0 Å². The van der Waals surface area contributed by atoms with Gasteiger partial charge in [-0.1, -0.05) is 11.3 Å². The number of hydrogen-bond acceptors (Lipinski definition) is 5. The fourth-order valence-corrected chi connectivity index (χ4v) is 3.05. The number of aromatic nitrogens is 1. The van der Waals surface area contributed by atoms with E-state index in [1.807, 2.05) is 4.90 Å². The maximum atomic E-state index is 12.0. The zero-order valence-corrected chi connectivity index (χ0v) is 13.3. The first kappa shape index (κ1) is 15.2. The van der Waals surface area contributed by atoms with E-state index in [9.17, 15) is 9.59 Å². The van der Waals surface area contributed by atoms with Crippen LogP contribution in [0.25, 0.3) is 0 Å². The van der Waals surface area contributed by atoms with Crippen LogP contribution >= 0.6 is 27.3 Å². The van der Waals surface area contributed by atoms with Gasteiger partial charge in [0.1, 0.15) is 6.04 Å². The van der Waals surface area contributed by atoms with Crippen LogP contribution in [-0.4, -0.2) is 64.1 Å². The Morgan fingerprint density at radius 1 is 1.45 bits per heavy atom. The van der Waals surface area contributed by atoms with Gasteiger partial charge in [-0.15, -0.1) is 0 Å². The van der Waals surface area contributed by atoms with E-state index in [1.54, 1.807) is 18.0 Å². The average molecular weight is 363 g/mol. The van der Waals surface area contributed by atoms with Crippen molar-refractivity contribution in [2.75, 3.05) is 31.5 Å². The summed E-state index contributed by atoms with van der Waals surface area (Å²) in [5.41, 5.74) is 0. The number of urea groups is 1. The maximum Gasteiger partial charge on any atom is 0.323 e. The van der Waals surface area contributed by atoms with Crippen LogP contribution in [0.2, 0.25) is 0 Å². The van der Waals surface area contributed by atoms with E-state index in [-0.39, 0.29) is 6.03 Å². The summed E-state index contributed by atoms with van der Waals surface area (Å²) >= 11 is 4.63. The number of thiazole rings is 1. The van der Waals surface area contributed by atoms with E-state index in [4.69, 9.17) is 5.11 Å². The minimum atomic E-state index is -0.837. The molecule has 1 atom stereocenters. The van der Waals surface area contributed by atoms with E-state index < -0.39 is 12.0 Å². The van der Waals surface area contributed by atoms with Gasteiger partial charge in [0.05, 0.1) is 9.98 Å². The minimum absolute atomic E-state index is 0.200. The first-order valence-electron chi connectivity index (χ1n) is 6.11. The molecule has 1 fully saturated rings. The van der Waals surface area contributed by atoms with Gasteiger partial charge >= 0.3 is 12.0 Å². The van der Waals surface area contributed by atoms with Crippen LogP contribution in [0.1, 0.15) is 6.92 Å². The number of rotatable bonds is 3. The molecule has 0 aliphatic carbocycles. The highest BCUT2D eigenvalue weighted by molar-refractivity contribution is 9.11. The second kappa shape index (κ2) is 6.51. The Morgan fingerprint density at radius 2 is 2.10 bits per heavy atom. The summed E-state index contributed by atoms with van der Waals surface area (Å²) in [6.07, 6.45) is 1.63. The number of piperazine rings is 1. The molecule has 1 saturated heterocycles. The van der Waals surface area contributed by atoms with Gasteiger partial charge in [0.2, 0.25) is 0 Å². The van der Waals surface area contributed by atoms with E-state index in [0.717, 1.165) is 3.79 Å². The number of carboxylic acid groups (broad SMARTS) is 1. The van der Waals surface area contributed by atoms with E-state index >= 15 is 0 Å². The van der Waals surface area contributed by atoms with Crippen molar-refractivity contribution in [3.8, 4) is 0 Å². The Hall–Kier alpha value is -1.19. The molecule has 9 heteroatoms. The lowest BCUT2D eigenvalue weighted by molar-refractivity contribution is -0.143. The Labute approximate surface area is 128 Å². The second-order valence-electron chi connectivity index (χ2n) is 4.44. The number of anilines is 1. The summed E-state index contributed by atoms with van der Waals surface area (Å²) in [5.74, 6) is -0.837. The Morgan fingerprint density at radius 3 is 2.60 bits per heavy atom. The Kier molecular flexibility index (Phi) is 4.95. The van der Waals surface area contributed by atoms with Crippen LogP contribution in [-0.2, 0) is 4.79 Å². The Bertz CT molecular complexity index is 502. The van der Waals surface area contributed by atoms with Crippen molar-refractivity contribution in [3.05, 3.63) is 9.98 Å². The van der Waals surface area contributed by atoms with E-state index in [1.165, 1.54) is 11.3 Å². The maximum absolute atomic E-state index is 12.0. The van der Waals surface area contributed by atoms with Crippen LogP contribution in [0.5, 0.6) is 0 Å². The summed E-state index contributed by atoms with van der Waals surface area (Å²) in [5, 5.41) is 12.2. The lowest BCUT2D eigenvalue weighted by Gasteiger charge is -2.36. The zero-order chi connectivity index (χ0) is 14.7. The van der Waals surface area contributed by atoms with Crippen molar-refractivity contribution in [2.45, 2.75) is 13.0 Å². The second-order valence-corrected chi connectivity index (χ2v) is 6.85. The molecular formula is C11H15BrN4O3S. The molecule has 2 N–H and O–H groups in total. The predicted octanol–water partition coefficient (Wildman–Crippen LogP) is 1.53. The Balaban J connectivity index is 1.84. The van der Waals surface area contributed by atoms with Gasteiger partial charge in [0.25, 0.3) is 0 Å². The van der Waals surface area contributed by atoms with E-state index in [2.05, 4.69) is 26.2 Å². The first-order valence-corrected chi connectivity index (χ1v) is 7.72. The van der Waals surface area contributed by atoms with Crippen LogP contribution in [0, 0.1) is 0 Å². The molecule has 0 saturated carbocycles. The van der Waals surface area contributed by atoms with Crippen molar-refractivity contribution in [2.24, 2.45) is 0 Å². The molecule has 1 aliphatic rings. The molecule has 2 amide bonds. The fraction of sp³-hybridized carbons (Fsp3) is 0.545. The predicted molar refractivity (Wildman–Crippen MR) is 79.1 cm³/mol. The first-order chi connectivity index (χ1) is 9.47. The number of carbonyl (C=O) groups excluding carboxylic acids is 1. The number of hydrogen-bond donors (Lipinski definition) is 2. The highest BCUT2D eigenvalue weighted by Gasteiger charge is 2.27. The van der Waals surface area contributed by atoms with Crippen molar-refractivity contribution in [3.63, 3.8) is 0 Å². The number of nitrogens with one attached hydrogen (secondary N) is 1. The van der Waals surface area contributed by atoms with E-state index in [0.29, 0.717) is 31.3 Å². The summed E-state index contributed by atoms with van der Waals surface area (Å²) in [6, 6.07) is -0.718. The number of halogens is 1. The van der Waals surface area contributed by atoms with Crippen molar-refractivity contribution in [1.82, 2.24) is 14.8 Å². The fourth-order valence-electron chi connectivity index (χ4n) is 1.95. The van der Waals surface area contributed by atoms with Crippen LogP contribution in [0.4, 0.5) is 9.93 Å². The summed E-state index contributed by atoms with van der Waals surface area (Å²) in [6.45, 7) is 3.79. The highest BCUT2D eigenvalue weighted by Crippen LogP contribution is 2.23. The zero-order valence-electron chi connectivity index (χ0n) is 10.9. The summed E-state index contributed by atoms with van der Waals surface area (Å²) in [4.78, 5) is 30.5. The number of carboxylic acids is 1. The number of aliphatic carboxylic acids is 1. The molecule has 1 aromatic heterocycles. The largest absolute Gasteiger partial charge is 0.480 e. The monoisotopic (exact) mass is 362 g/mol. The van der Waals surface area contributed by atoms with Crippen LogP contribution in [0.3, 0.4) is 0 Å². The average Bonchev–Trinajstić information content (AvgIpc) is 2.83. The molecule has 0 bridgehead atoms. The molecule has 1 aromatic rings. The van der Waals surface area contributed by atoms with Gasteiger partial charge in [0, 0.05) is 26.2 Å². The lowest BCUT2D eigenvalue weighted by Crippen LogP contribution is -2.53. The van der Waals surface area contributed by atoms with Gasteiger partial charge < -0.3 is 10.0 Å². The molecule has 1 unspecified atom stereocenters. The summed E-state index contributed by atoms with van der Waals surface area (Å²) < 4.78 is 0.855. The molecule has 0 aromatic carbocycles. The molecule has 0 spiro atoms. The van der Waals surface area contributed by atoms with Crippen molar-refractivity contribution in [1.29, 1.82) is 0 Å². The highest BCUT2D eigenvalue weighted by atomic mass is 79.9.